The van der Waals surface area contributed by atoms with Gasteiger partial charge in [-0.05, 0) is 44.5 Å². The molecule has 0 saturated carbocycles. The third kappa shape index (κ3) is 4.17. The summed E-state index contributed by atoms with van der Waals surface area (Å²) in [5.74, 6) is -0.475. The second-order valence-electron chi connectivity index (χ2n) is 6.71. The summed E-state index contributed by atoms with van der Waals surface area (Å²) in [7, 11) is -3.34. The molecular weight excluding hydrogens is 375 g/mol. The molecule has 0 spiro atoms. The Balaban J connectivity index is 1.97. The van der Waals surface area contributed by atoms with Crippen LogP contribution in [0.3, 0.4) is 0 Å². The maximum absolute atomic E-state index is 14.8. The fourth-order valence-electron chi connectivity index (χ4n) is 2.67. The van der Waals surface area contributed by atoms with Gasteiger partial charge < -0.3 is 0 Å². The Bertz CT molecular complexity index is 1110. The fourth-order valence-corrected chi connectivity index (χ4v) is 3.73. The number of halogens is 1. The van der Waals surface area contributed by atoms with E-state index in [4.69, 9.17) is 0 Å². The number of aromatic nitrogens is 2. The van der Waals surface area contributed by atoms with Gasteiger partial charge in [-0.15, -0.1) is 0 Å². The van der Waals surface area contributed by atoms with Crippen molar-refractivity contribution < 1.29 is 12.8 Å². The normalized spacial score (nSPS) is 12.4. The van der Waals surface area contributed by atoms with Gasteiger partial charge in [-0.3, -0.25) is 4.98 Å². The van der Waals surface area contributed by atoms with E-state index in [0.29, 0.717) is 17.0 Å². The van der Waals surface area contributed by atoms with Crippen LogP contribution < -0.4 is 0 Å². The first-order valence-electron chi connectivity index (χ1n) is 8.89. The smallest absolute Gasteiger partial charge is 0.180 e. The molecule has 0 fully saturated rings. The number of hydrogen-bond donors (Lipinski definition) is 0. The molecule has 144 valence electrons. The number of benzene rings is 2. The molecule has 0 unspecified atom stereocenters. The summed E-state index contributed by atoms with van der Waals surface area (Å²) >= 11 is 0. The van der Waals surface area contributed by atoms with Gasteiger partial charge in [-0.25, -0.2) is 17.8 Å². The van der Waals surface area contributed by atoms with E-state index in [1.807, 2.05) is 18.2 Å². The molecule has 1 aromatic heterocycles. The Kier molecular flexibility index (Phi) is 5.70. The van der Waals surface area contributed by atoms with Crippen LogP contribution in [0.25, 0.3) is 23.2 Å². The van der Waals surface area contributed by atoms with E-state index in [0.717, 1.165) is 5.56 Å². The summed E-state index contributed by atoms with van der Waals surface area (Å²) in [6.45, 7) is 4.98. The molecule has 0 atom stereocenters. The van der Waals surface area contributed by atoms with Gasteiger partial charge >= 0.3 is 0 Å². The minimum atomic E-state index is -3.34. The average Bonchev–Trinajstić information content (AvgIpc) is 2.69. The largest absolute Gasteiger partial charge is 0.257 e. The molecule has 3 rings (SSSR count). The van der Waals surface area contributed by atoms with E-state index in [9.17, 15) is 12.8 Å². The summed E-state index contributed by atoms with van der Waals surface area (Å²) in [6, 6.07) is 15.6. The SMILES string of the molecule is Cc1ncc(-c2ccc(S(=O)(=O)C(C)C)cc2)nc1/C(F)=C/c1ccccc1. The lowest BCUT2D eigenvalue weighted by atomic mass is 10.1. The number of nitrogens with zero attached hydrogens (tertiary/aromatic N) is 2. The number of aryl methyl sites for hydroxylation is 1. The van der Waals surface area contributed by atoms with Crippen molar-refractivity contribution in [3.8, 4) is 11.3 Å². The molecule has 2 aromatic carbocycles. The van der Waals surface area contributed by atoms with Crippen LogP contribution in [0.5, 0.6) is 0 Å². The van der Waals surface area contributed by atoms with Gasteiger partial charge in [0.05, 0.1) is 27.7 Å². The van der Waals surface area contributed by atoms with Crippen LogP contribution >= 0.6 is 0 Å². The summed E-state index contributed by atoms with van der Waals surface area (Å²) in [5, 5.41) is -0.499. The van der Waals surface area contributed by atoms with Crippen molar-refractivity contribution in [2.75, 3.05) is 0 Å². The van der Waals surface area contributed by atoms with Crippen LogP contribution in [0.15, 0.2) is 65.7 Å². The standard InChI is InChI=1S/C22H21FN2O2S/c1-15(2)28(26,27)19-11-9-18(10-12-19)21-14-24-16(3)22(25-21)20(23)13-17-7-5-4-6-8-17/h4-15H,1-3H3/b20-13-. The summed E-state index contributed by atoms with van der Waals surface area (Å²) in [4.78, 5) is 8.92. The fraction of sp³-hybridized carbons (Fsp3) is 0.182. The van der Waals surface area contributed by atoms with Crippen molar-refractivity contribution >= 4 is 21.7 Å². The van der Waals surface area contributed by atoms with Crippen molar-refractivity contribution in [1.82, 2.24) is 9.97 Å². The minimum absolute atomic E-state index is 0.167. The lowest BCUT2D eigenvalue weighted by molar-refractivity contribution is 0.587. The molecule has 0 amide bonds. The van der Waals surface area contributed by atoms with Gasteiger partial charge in [0, 0.05) is 5.56 Å². The molecule has 28 heavy (non-hydrogen) atoms. The van der Waals surface area contributed by atoms with Gasteiger partial charge in [0.2, 0.25) is 0 Å². The van der Waals surface area contributed by atoms with E-state index < -0.39 is 20.9 Å². The van der Waals surface area contributed by atoms with E-state index in [-0.39, 0.29) is 10.6 Å². The molecule has 0 bridgehead atoms. The van der Waals surface area contributed by atoms with Crippen molar-refractivity contribution in [1.29, 1.82) is 0 Å². The van der Waals surface area contributed by atoms with Crippen LogP contribution in [-0.4, -0.2) is 23.6 Å². The molecule has 1 heterocycles. The van der Waals surface area contributed by atoms with Crippen LogP contribution in [0, 0.1) is 6.92 Å². The highest BCUT2D eigenvalue weighted by atomic mass is 32.2. The quantitative estimate of drug-likeness (QED) is 0.602. The Morgan fingerprint density at radius 2 is 1.68 bits per heavy atom. The molecule has 0 N–H and O–H groups in total. The van der Waals surface area contributed by atoms with Gasteiger partial charge in [-0.1, -0.05) is 42.5 Å². The maximum atomic E-state index is 14.8. The molecule has 0 aliphatic carbocycles. The Labute approximate surface area is 164 Å². The average molecular weight is 396 g/mol. The first-order valence-corrected chi connectivity index (χ1v) is 10.4. The first-order chi connectivity index (χ1) is 13.3. The monoisotopic (exact) mass is 396 g/mol. The molecule has 0 aliphatic heterocycles. The maximum Gasteiger partial charge on any atom is 0.180 e. The zero-order valence-corrected chi connectivity index (χ0v) is 16.7. The van der Waals surface area contributed by atoms with Crippen molar-refractivity contribution in [3.63, 3.8) is 0 Å². The Hall–Kier alpha value is -2.86. The summed E-state index contributed by atoms with van der Waals surface area (Å²) in [5.41, 5.74) is 2.53. The van der Waals surface area contributed by atoms with E-state index >= 15 is 0 Å². The minimum Gasteiger partial charge on any atom is -0.257 e. The topological polar surface area (TPSA) is 59.9 Å². The van der Waals surface area contributed by atoms with Crippen LogP contribution in [0.1, 0.15) is 30.8 Å². The van der Waals surface area contributed by atoms with Crippen LogP contribution in [-0.2, 0) is 9.84 Å². The zero-order chi connectivity index (χ0) is 20.3. The second-order valence-corrected chi connectivity index (χ2v) is 9.21. The molecule has 4 nitrogen and oxygen atoms in total. The second kappa shape index (κ2) is 8.02. The van der Waals surface area contributed by atoms with Crippen LogP contribution in [0.4, 0.5) is 4.39 Å². The lowest BCUT2D eigenvalue weighted by Crippen LogP contribution is -2.13. The third-order valence-corrected chi connectivity index (χ3v) is 6.54. The number of hydrogen-bond acceptors (Lipinski definition) is 4. The van der Waals surface area contributed by atoms with Crippen molar-refractivity contribution in [2.24, 2.45) is 0 Å². The zero-order valence-electron chi connectivity index (χ0n) is 15.9. The lowest BCUT2D eigenvalue weighted by Gasteiger charge is -2.09. The molecule has 0 saturated heterocycles. The third-order valence-electron chi connectivity index (χ3n) is 4.37. The Morgan fingerprint density at radius 1 is 1.04 bits per heavy atom. The number of rotatable bonds is 5. The first kappa shape index (κ1) is 19.9. The van der Waals surface area contributed by atoms with E-state index in [1.165, 1.54) is 6.08 Å². The molecular formula is C22H21FN2O2S. The van der Waals surface area contributed by atoms with Gasteiger partial charge in [0.15, 0.2) is 15.7 Å². The van der Waals surface area contributed by atoms with E-state index in [1.54, 1.807) is 63.4 Å². The highest BCUT2D eigenvalue weighted by Gasteiger charge is 2.19. The molecule has 0 radical (unpaired) electrons. The van der Waals surface area contributed by atoms with Gasteiger partial charge in [0.25, 0.3) is 0 Å². The van der Waals surface area contributed by atoms with Crippen molar-refractivity contribution in [2.45, 2.75) is 30.9 Å². The Morgan fingerprint density at radius 3 is 2.29 bits per heavy atom. The predicted octanol–water partition coefficient (Wildman–Crippen LogP) is 5.10. The van der Waals surface area contributed by atoms with Gasteiger partial charge in [-0.2, -0.15) is 0 Å². The highest BCUT2D eigenvalue weighted by Crippen LogP contribution is 2.25. The summed E-state index contributed by atoms with van der Waals surface area (Å²) < 4.78 is 39.3. The van der Waals surface area contributed by atoms with Crippen molar-refractivity contribution in [3.05, 3.63) is 77.7 Å². The predicted molar refractivity (Wildman–Crippen MR) is 110 cm³/mol. The molecule has 6 heteroatoms. The summed E-state index contributed by atoms with van der Waals surface area (Å²) in [6.07, 6.45) is 2.97. The van der Waals surface area contributed by atoms with E-state index in [2.05, 4.69) is 9.97 Å². The number of sulfone groups is 1. The highest BCUT2D eigenvalue weighted by molar-refractivity contribution is 7.92. The van der Waals surface area contributed by atoms with Crippen LogP contribution in [0.2, 0.25) is 0 Å². The molecule has 0 aliphatic rings. The molecule has 3 aromatic rings. The van der Waals surface area contributed by atoms with Gasteiger partial charge in [0.1, 0.15) is 5.69 Å².